The number of aromatic nitrogens is 2. The number of aliphatic hydroxyl groups is 1. The number of carbonyl (C=O) groups excluding carboxylic acids is 2. The van der Waals surface area contributed by atoms with Crippen LogP contribution >= 0.6 is 0 Å². The Bertz CT molecular complexity index is 783. The van der Waals surface area contributed by atoms with Crippen LogP contribution in [0, 0.1) is 17.8 Å². The maximum absolute atomic E-state index is 12.9. The van der Waals surface area contributed by atoms with E-state index in [9.17, 15) is 24.6 Å². The van der Waals surface area contributed by atoms with Gasteiger partial charge in [0.2, 0.25) is 11.8 Å². The monoisotopic (exact) mass is 496 g/mol. The Morgan fingerprint density at radius 2 is 1.66 bits per heavy atom. The number of imidazole rings is 1. The molecule has 0 fully saturated rings. The van der Waals surface area contributed by atoms with Crippen molar-refractivity contribution in [3.63, 3.8) is 0 Å². The van der Waals surface area contributed by atoms with E-state index in [0.29, 0.717) is 12.8 Å². The summed E-state index contributed by atoms with van der Waals surface area (Å²) in [6, 6.07) is -3.08. The number of hydrogen-bond donors (Lipinski definition) is 7. The molecule has 0 aliphatic rings. The molecule has 35 heavy (non-hydrogen) atoms. The molecule has 5 atom stereocenters. The highest BCUT2D eigenvalue weighted by molar-refractivity contribution is 5.87. The Balaban J connectivity index is 2.83. The molecule has 0 radical (unpaired) electrons. The first-order valence-corrected chi connectivity index (χ1v) is 12.3. The number of carboxylic acid groups (broad SMARTS) is 1. The van der Waals surface area contributed by atoms with E-state index in [0.717, 1.165) is 5.69 Å². The lowest BCUT2D eigenvalue weighted by Crippen LogP contribution is -2.56. The van der Waals surface area contributed by atoms with Crippen LogP contribution in [0.25, 0.3) is 0 Å². The molecule has 0 aromatic carbocycles. The number of rotatable bonds is 16. The minimum atomic E-state index is -1.09. The van der Waals surface area contributed by atoms with Crippen LogP contribution in [-0.2, 0) is 20.8 Å². The van der Waals surface area contributed by atoms with Crippen molar-refractivity contribution in [1.82, 2.24) is 25.9 Å². The van der Waals surface area contributed by atoms with Gasteiger partial charge in [-0.25, -0.2) is 9.78 Å². The molecular weight excluding hydrogens is 452 g/mol. The third-order valence-electron chi connectivity index (χ3n) is 5.68. The van der Waals surface area contributed by atoms with Gasteiger partial charge in [-0.2, -0.15) is 0 Å². The third kappa shape index (κ3) is 11.2. The zero-order chi connectivity index (χ0) is 26.7. The minimum Gasteiger partial charge on any atom is -0.480 e. The highest BCUT2D eigenvalue weighted by Gasteiger charge is 2.30. The summed E-state index contributed by atoms with van der Waals surface area (Å²) in [7, 11) is 0. The van der Waals surface area contributed by atoms with Gasteiger partial charge in [-0.05, 0) is 30.6 Å². The lowest BCUT2D eigenvalue weighted by molar-refractivity contribution is -0.143. The minimum absolute atomic E-state index is 0.0394. The molecule has 0 bridgehead atoms. The number of aromatic amines is 1. The zero-order valence-corrected chi connectivity index (χ0v) is 21.7. The van der Waals surface area contributed by atoms with E-state index in [-0.39, 0.29) is 36.6 Å². The average Bonchev–Trinajstić information content (AvgIpc) is 3.25. The zero-order valence-electron chi connectivity index (χ0n) is 21.7. The summed E-state index contributed by atoms with van der Waals surface area (Å²) >= 11 is 0. The van der Waals surface area contributed by atoms with Gasteiger partial charge >= 0.3 is 5.97 Å². The smallest absolute Gasteiger partial charge is 0.326 e. The number of nitrogens with two attached hydrogens (primary N) is 1. The van der Waals surface area contributed by atoms with Crippen LogP contribution in [0.15, 0.2) is 12.5 Å². The van der Waals surface area contributed by atoms with Gasteiger partial charge in [0.1, 0.15) is 6.04 Å². The van der Waals surface area contributed by atoms with Crippen LogP contribution in [0.2, 0.25) is 0 Å². The van der Waals surface area contributed by atoms with Gasteiger partial charge in [-0.3, -0.25) is 9.59 Å². The standard InChI is InChI=1S/C24H44N6O5/c1-13(2)7-18(29-22(32)17(25)9-16-10-26-12-28-16)20(31)11-27-19(8-14(3)4)23(33)30-21(15(5)6)24(34)35/h10,12-15,17-21,27,31H,7-9,11,25H2,1-6H3,(H,26,28)(H,29,32)(H,30,33)(H,34,35)/t17-,18-,19-,20?,21+/m0/s1. The molecule has 8 N–H and O–H groups in total. The highest BCUT2D eigenvalue weighted by atomic mass is 16.4. The lowest BCUT2D eigenvalue weighted by atomic mass is 9.97. The largest absolute Gasteiger partial charge is 0.480 e. The van der Waals surface area contributed by atoms with Crippen molar-refractivity contribution >= 4 is 17.8 Å². The number of aliphatic carboxylic acids is 1. The van der Waals surface area contributed by atoms with E-state index in [1.807, 2.05) is 27.7 Å². The normalized spacial score (nSPS) is 16.1. The van der Waals surface area contributed by atoms with Crippen LogP contribution in [-0.4, -0.2) is 74.8 Å². The van der Waals surface area contributed by atoms with Crippen molar-refractivity contribution in [1.29, 1.82) is 0 Å². The van der Waals surface area contributed by atoms with Gasteiger partial charge in [-0.1, -0.05) is 41.5 Å². The molecule has 1 rings (SSSR count). The second-order valence-electron chi connectivity index (χ2n) is 10.4. The Kier molecular flexibility index (Phi) is 12.9. The summed E-state index contributed by atoms with van der Waals surface area (Å²) in [6.07, 6.45) is 3.39. The van der Waals surface area contributed by atoms with E-state index in [2.05, 4.69) is 25.9 Å². The maximum atomic E-state index is 12.9. The average molecular weight is 497 g/mol. The van der Waals surface area contributed by atoms with Crippen LogP contribution < -0.4 is 21.7 Å². The number of carbonyl (C=O) groups is 3. The fourth-order valence-corrected chi connectivity index (χ4v) is 3.76. The number of aliphatic hydroxyl groups excluding tert-OH is 1. The van der Waals surface area contributed by atoms with Crippen LogP contribution in [0.3, 0.4) is 0 Å². The summed E-state index contributed by atoms with van der Waals surface area (Å²) in [5.74, 6) is -1.85. The van der Waals surface area contributed by atoms with Crippen molar-refractivity contribution < 1.29 is 24.6 Å². The summed E-state index contributed by atoms with van der Waals surface area (Å²) in [5, 5.41) is 28.8. The SMILES string of the molecule is CC(C)C[C@H](NCC(O)[C@H](CC(C)C)NC(=O)[C@@H](N)Cc1cnc[nH]1)C(=O)N[C@@H](C(=O)O)C(C)C. The van der Waals surface area contributed by atoms with Crippen LogP contribution in [0.4, 0.5) is 0 Å². The van der Waals surface area contributed by atoms with Gasteiger partial charge in [0, 0.05) is 24.9 Å². The second-order valence-corrected chi connectivity index (χ2v) is 10.4. The molecule has 1 unspecified atom stereocenters. The maximum Gasteiger partial charge on any atom is 0.326 e. The molecule has 0 aliphatic heterocycles. The van der Waals surface area contributed by atoms with E-state index < -0.39 is 42.1 Å². The Morgan fingerprint density at radius 3 is 2.14 bits per heavy atom. The highest BCUT2D eigenvalue weighted by Crippen LogP contribution is 2.12. The van der Waals surface area contributed by atoms with Crippen molar-refractivity contribution in [2.75, 3.05) is 6.54 Å². The second kappa shape index (κ2) is 14.8. The fraction of sp³-hybridized carbons (Fsp3) is 0.750. The third-order valence-corrected chi connectivity index (χ3v) is 5.68. The number of nitrogens with zero attached hydrogens (tertiary/aromatic N) is 1. The molecule has 0 saturated carbocycles. The van der Waals surface area contributed by atoms with Gasteiger partial charge < -0.3 is 36.9 Å². The Morgan fingerprint density at radius 1 is 1.03 bits per heavy atom. The predicted octanol–water partition coefficient (Wildman–Crippen LogP) is 0.401. The number of amides is 2. The van der Waals surface area contributed by atoms with Crippen molar-refractivity contribution in [2.24, 2.45) is 23.5 Å². The predicted molar refractivity (Wildman–Crippen MR) is 133 cm³/mol. The summed E-state index contributed by atoms with van der Waals surface area (Å²) in [6.45, 7) is 11.4. The molecule has 1 heterocycles. The van der Waals surface area contributed by atoms with Crippen molar-refractivity contribution in [2.45, 2.75) is 91.1 Å². The fourth-order valence-electron chi connectivity index (χ4n) is 3.76. The van der Waals surface area contributed by atoms with Crippen molar-refractivity contribution in [3.8, 4) is 0 Å². The van der Waals surface area contributed by atoms with Crippen LogP contribution in [0.1, 0.15) is 60.1 Å². The molecule has 11 nitrogen and oxygen atoms in total. The molecule has 0 aliphatic carbocycles. The van der Waals surface area contributed by atoms with E-state index in [1.165, 1.54) is 6.33 Å². The number of carboxylic acids is 1. The lowest BCUT2D eigenvalue weighted by Gasteiger charge is -2.29. The number of hydrogen-bond acceptors (Lipinski definition) is 7. The topological polar surface area (TPSA) is 182 Å². The Hall–Kier alpha value is -2.50. The molecule has 0 spiro atoms. The summed E-state index contributed by atoms with van der Waals surface area (Å²) in [4.78, 5) is 43.9. The van der Waals surface area contributed by atoms with Gasteiger partial charge in [0.05, 0.1) is 30.6 Å². The first kappa shape index (κ1) is 30.5. The molecule has 2 amide bonds. The van der Waals surface area contributed by atoms with Gasteiger partial charge in [0.25, 0.3) is 0 Å². The van der Waals surface area contributed by atoms with E-state index in [1.54, 1.807) is 20.0 Å². The van der Waals surface area contributed by atoms with E-state index >= 15 is 0 Å². The molecule has 200 valence electrons. The number of H-pyrrole nitrogens is 1. The van der Waals surface area contributed by atoms with Gasteiger partial charge in [-0.15, -0.1) is 0 Å². The first-order valence-electron chi connectivity index (χ1n) is 12.3. The van der Waals surface area contributed by atoms with Crippen LogP contribution in [0.5, 0.6) is 0 Å². The Labute approximate surface area is 208 Å². The van der Waals surface area contributed by atoms with Crippen molar-refractivity contribution in [3.05, 3.63) is 18.2 Å². The molecule has 1 aromatic rings. The molecular formula is C24H44N6O5. The first-order chi connectivity index (χ1) is 16.3. The van der Waals surface area contributed by atoms with Gasteiger partial charge in [0.15, 0.2) is 0 Å². The molecule has 0 saturated heterocycles. The quantitative estimate of drug-likeness (QED) is 0.172. The number of nitrogens with one attached hydrogen (secondary N) is 4. The molecule has 11 heteroatoms. The summed E-state index contributed by atoms with van der Waals surface area (Å²) < 4.78 is 0. The summed E-state index contributed by atoms with van der Waals surface area (Å²) in [5.41, 5.74) is 6.78. The van der Waals surface area contributed by atoms with E-state index in [4.69, 9.17) is 5.73 Å². The molecule has 1 aromatic heterocycles.